The first kappa shape index (κ1) is 16.5. The predicted octanol–water partition coefficient (Wildman–Crippen LogP) is 3.11. The Morgan fingerprint density at radius 3 is 2.45 bits per heavy atom. The van der Waals surface area contributed by atoms with Crippen LogP contribution in [0.25, 0.3) is 0 Å². The van der Waals surface area contributed by atoms with E-state index in [-0.39, 0.29) is 33.9 Å². The largest absolute Gasteiger partial charge is 0.504 e. The van der Waals surface area contributed by atoms with Crippen molar-refractivity contribution >= 4 is 5.91 Å². The summed E-state index contributed by atoms with van der Waals surface area (Å²) in [4.78, 5) is 12.5. The van der Waals surface area contributed by atoms with Gasteiger partial charge in [-0.3, -0.25) is 4.79 Å². The minimum absolute atomic E-state index is 0.0889. The van der Waals surface area contributed by atoms with E-state index in [4.69, 9.17) is 9.47 Å². The summed E-state index contributed by atoms with van der Waals surface area (Å²) in [5.74, 6) is 0.228. The SMILES string of the molecule is CC(C)(C)CC(C)(C)NC(=O)c1ccc2c(c1O)OCCO2. The van der Waals surface area contributed by atoms with Gasteiger partial charge in [0, 0.05) is 5.54 Å². The molecule has 2 N–H and O–H groups in total. The van der Waals surface area contributed by atoms with Crippen LogP contribution in [0.4, 0.5) is 0 Å². The minimum atomic E-state index is -0.380. The summed E-state index contributed by atoms with van der Waals surface area (Å²) in [6, 6.07) is 3.21. The molecule has 0 radical (unpaired) electrons. The van der Waals surface area contributed by atoms with Crippen LogP contribution >= 0.6 is 0 Å². The van der Waals surface area contributed by atoms with Crippen LogP contribution < -0.4 is 14.8 Å². The fourth-order valence-electron chi connectivity index (χ4n) is 3.03. The highest BCUT2D eigenvalue weighted by molar-refractivity contribution is 5.98. The van der Waals surface area contributed by atoms with Crippen molar-refractivity contribution in [3.63, 3.8) is 0 Å². The molecule has 0 unspecified atom stereocenters. The van der Waals surface area contributed by atoms with Gasteiger partial charge in [0.1, 0.15) is 13.2 Å². The number of hydrogen-bond donors (Lipinski definition) is 2. The lowest BCUT2D eigenvalue weighted by Crippen LogP contribution is -2.45. The molecule has 1 aromatic rings. The number of hydrogen-bond acceptors (Lipinski definition) is 4. The summed E-state index contributed by atoms with van der Waals surface area (Å²) in [5, 5.41) is 13.3. The Balaban J connectivity index is 2.20. The molecule has 0 bridgehead atoms. The Bertz CT molecular complexity index is 573. The van der Waals surface area contributed by atoms with Gasteiger partial charge in [-0.2, -0.15) is 0 Å². The van der Waals surface area contributed by atoms with Crippen molar-refractivity contribution in [3.05, 3.63) is 17.7 Å². The second-order valence-corrected chi connectivity index (χ2v) is 7.56. The van der Waals surface area contributed by atoms with Gasteiger partial charge in [-0.15, -0.1) is 0 Å². The highest BCUT2D eigenvalue weighted by atomic mass is 16.6. The van der Waals surface area contributed by atoms with Gasteiger partial charge >= 0.3 is 0 Å². The van der Waals surface area contributed by atoms with Crippen molar-refractivity contribution in [3.8, 4) is 17.2 Å². The van der Waals surface area contributed by atoms with Crippen molar-refractivity contribution in [2.75, 3.05) is 13.2 Å². The lowest BCUT2D eigenvalue weighted by Gasteiger charge is -2.33. The molecule has 5 heteroatoms. The third-order valence-corrected chi connectivity index (χ3v) is 3.35. The molecule has 0 saturated heterocycles. The quantitative estimate of drug-likeness (QED) is 0.900. The maximum Gasteiger partial charge on any atom is 0.255 e. The van der Waals surface area contributed by atoms with Crippen molar-refractivity contribution < 1.29 is 19.4 Å². The maximum absolute atomic E-state index is 12.5. The van der Waals surface area contributed by atoms with Crippen LogP contribution in [-0.2, 0) is 0 Å². The number of ether oxygens (including phenoxy) is 2. The van der Waals surface area contributed by atoms with Gasteiger partial charge < -0.3 is 19.9 Å². The van der Waals surface area contributed by atoms with Crippen LogP contribution in [0.1, 0.15) is 51.4 Å². The summed E-state index contributed by atoms with van der Waals surface area (Å²) in [5.41, 5.74) is -0.0908. The number of phenolic OH excluding ortho intramolecular Hbond substituents is 1. The smallest absolute Gasteiger partial charge is 0.255 e. The van der Waals surface area contributed by atoms with E-state index in [1.165, 1.54) is 0 Å². The summed E-state index contributed by atoms with van der Waals surface area (Å²) in [6.45, 7) is 11.1. The molecule has 0 saturated carbocycles. The van der Waals surface area contributed by atoms with E-state index in [9.17, 15) is 9.90 Å². The van der Waals surface area contributed by atoms with E-state index >= 15 is 0 Å². The second-order valence-electron chi connectivity index (χ2n) is 7.56. The lowest BCUT2D eigenvalue weighted by molar-refractivity contribution is 0.0886. The Morgan fingerprint density at radius 1 is 1.18 bits per heavy atom. The summed E-state index contributed by atoms with van der Waals surface area (Å²) < 4.78 is 10.8. The molecule has 1 heterocycles. The second kappa shape index (κ2) is 5.71. The number of carbonyl (C=O) groups excluding carboxylic acids is 1. The van der Waals surface area contributed by atoms with Crippen LogP contribution in [0.2, 0.25) is 0 Å². The van der Waals surface area contributed by atoms with Gasteiger partial charge in [0.25, 0.3) is 5.91 Å². The first-order valence-electron chi connectivity index (χ1n) is 7.53. The van der Waals surface area contributed by atoms with Gasteiger partial charge in [0.2, 0.25) is 5.75 Å². The van der Waals surface area contributed by atoms with Crippen LogP contribution in [0.15, 0.2) is 12.1 Å². The molecule has 122 valence electrons. The van der Waals surface area contributed by atoms with E-state index in [0.717, 1.165) is 6.42 Å². The van der Waals surface area contributed by atoms with Crippen molar-refractivity contribution in [1.82, 2.24) is 5.32 Å². The standard InChI is InChI=1S/C17H25NO4/c1-16(2,3)10-17(4,5)18-15(20)11-6-7-12-14(13(11)19)22-9-8-21-12/h6-7,19H,8-10H2,1-5H3,(H,18,20). The minimum Gasteiger partial charge on any atom is -0.504 e. The molecule has 22 heavy (non-hydrogen) atoms. The molecule has 1 aliphatic heterocycles. The monoisotopic (exact) mass is 307 g/mol. The maximum atomic E-state index is 12.5. The zero-order chi connectivity index (χ0) is 16.5. The third-order valence-electron chi connectivity index (χ3n) is 3.35. The fraction of sp³-hybridized carbons (Fsp3) is 0.588. The summed E-state index contributed by atoms with van der Waals surface area (Å²) >= 11 is 0. The highest BCUT2D eigenvalue weighted by Gasteiger charge is 2.29. The summed E-state index contributed by atoms with van der Waals surface area (Å²) in [7, 11) is 0. The molecule has 1 aromatic carbocycles. The van der Waals surface area contributed by atoms with Gasteiger partial charge in [-0.25, -0.2) is 0 Å². The first-order chi connectivity index (χ1) is 10.1. The van der Waals surface area contributed by atoms with Crippen LogP contribution in [0.5, 0.6) is 17.2 Å². The van der Waals surface area contributed by atoms with Crippen LogP contribution in [0, 0.1) is 5.41 Å². The predicted molar refractivity (Wildman–Crippen MR) is 84.7 cm³/mol. The lowest BCUT2D eigenvalue weighted by atomic mass is 9.81. The van der Waals surface area contributed by atoms with Crippen molar-refractivity contribution in [2.24, 2.45) is 5.41 Å². The average Bonchev–Trinajstić information content (AvgIpc) is 2.35. The Morgan fingerprint density at radius 2 is 1.82 bits per heavy atom. The average molecular weight is 307 g/mol. The first-order valence-corrected chi connectivity index (χ1v) is 7.53. The molecule has 5 nitrogen and oxygen atoms in total. The number of nitrogens with one attached hydrogen (secondary N) is 1. The molecular formula is C17H25NO4. The fourth-order valence-corrected chi connectivity index (χ4v) is 3.03. The number of amides is 1. The highest BCUT2D eigenvalue weighted by Crippen LogP contribution is 2.41. The zero-order valence-electron chi connectivity index (χ0n) is 13.9. The number of aromatic hydroxyl groups is 1. The molecule has 0 atom stereocenters. The van der Waals surface area contributed by atoms with E-state index in [1.807, 2.05) is 13.8 Å². The van der Waals surface area contributed by atoms with Crippen LogP contribution in [-0.4, -0.2) is 29.8 Å². The molecular weight excluding hydrogens is 282 g/mol. The molecule has 1 amide bonds. The van der Waals surface area contributed by atoms with Gasteiger partial charge in [0.05, 0.1) is 5.56 Å². The van der Waals surface area contributed by atoms with E-state index in [1.54, 1.807) is 12.1 Å². The molecule has 0 aliphatic carbocycles. The molecule has 0 fully saturated rings. The molecule has 0 aromatic heterocycles. The topological polar surface area (TPSA) is 67.8 Å². The third kappa shape index (κ3) is 3.84. The van der Waals surface area contributed by atoms with Crippen LogP contribution in [0.3, 0.4) is 0 Å². The van der Waals surface area contributed by atoms with Crippen molar-refractivity contribution in [1.29, 1.82) is 0 Å². The molecule has 1 aliphatic rings. The van der Waals surface area contributed by atoms with Gasteiger partial charge in [0.15, 0.2) is 11.5 Å². The van der Waals surface area contributed by atoms with Gasteiger partial charge in [-0.05, 0) is 37.8 Å². The van der Waals surface area contributed by atoms with Gasteiger partial charge in [-0.1, -0.05) is 20.8 Å². The summed E-state index contributed by atoms with van der Waals surface area (Å²) in [6.07, 6.45) is 0.817. The Labute approximate surface area is 131 Å². The van der Waals surface area contributed by atoms with E-state index in [0.29, 0.717) is 19.0 Å². The number of fused-ring (bicyclic) bond motifs is 1. The number of carbonyl (C=O) groups is 1. The number of benzene rings is 1. The Kier molecular flexibility index (Phi) is 4.27. The normalized spacial score (nSPS) is 14.6. The molecule has 0 spiro atoms. The zero-order valence-corrected chi connectivity index (χ0v) is 13.9. The number of rotatable bonds is 3. The van der Waals surface area contributed by atoms with E-state index in [2.05, 4.69) is 26.1 Å². The van der Waals surface area contributed by atoms with Crippen molar-refractivity contribution in [2.45, 2.75) is 46.6 Å². The molecule has 2 rings (SSSR count). The Hall–Kier alpha value is -1.91. The number of phenols is 1. The van der Waals surface area contributed by atoms with E-state index < -0.39 is 0 Å².